The number of nitrogens with one attached hydrogen (secondary N) is 2. The second kappa shape index (κ2) is 4.94. The SMILES string of the molecule is CC(C)OC(=O)[C@@H]1Cc2c([nH]c3ccccc23)[C@@H](C)N1. The van der Waals surface area contributed by atoms with E-state index in [9.17, 15) is 4.79 Å². The van der Waals surface area contributed by atoms with Crippen molar-refractivity contribution in [2.24, 2.45) is 0 Å². The molecule has 2 aromatic rings. The lowest BCUT2D eigenvalue weighted by Crippen LogP contribution is -2.45. The van der Waals surface area contributed by atoms with Crippen LogP contribution in [-0.4, -0.2) is 23.1 Å². The van der Waals surface area contributed by atoms with E-state index >= 15 is 0 Å². The summed E-state index contributed by atoms with van der Waals surface area (Å²) in [5, 5.41) is 4.54. The number of fused-ring (bicyclic) bond motifs is 3. The average molecular weight is 272 g/mol. The first kappa shape index (κ1) is 13.2. The first-order valence-electron chi connectivity index (χ1n) is 7.12. The van der Waals surface area contributed by atoms with E-state index in [1.165, 1.54) is 16.6 Å². The summed E-state index contributed by atoms with van der Waals surface area (Å²) in [6.45, 7) is 5.82. The normalized spacial score (nSPS) is 22.0. The van der Waals surface area contributed by atoms with Crippen LogP contribution in [0, 0.1) is 0 Å². The van der Waals surface area contributed by atoms with Crippen molar-refractivity contribution in [1.29, 1.82) is 0 Å². The van der Waals surface area contributed by atoms with Gasteiger partial charge in [0.1, 0.15) is 6.04 Å². The van der Waals surface area contributed by atoms with Gasteiger partial charge in [0.2, 0.25) is 0 Å². The van der Waals surface area contributed by atoms with Crippen LogP contribution in [0.2, 0.25) is 0 Å². The predicted octanol–water partition coefficient (Wildman–Crippen LogP) is 2.69. The minimum absolute atomic E-state index is 0.0797. The third kappa shape index (κ3) is 2.20. The van der Waals surface area contributed by atoms with E-state index in [0.717, 1.165) is 5.52 Å². The summed E-state index contributed by atoms with van der Waals surface area (Å²) in [7, 11) is 0. The number of hydrogen-bond acceptors (Lipinski definition) is 3. The van der Waals surface area contributed by atoms with E-state index in [4.69, 9.17) is 4.74 Å². The number of carbonyl (C=O) groups is 1. The van der Waals surface area contributed by atoms with Gasteiger partial charge < -0.3 is 9.72 Å². The Bertz CT molecular complexity index is 645. The molecular formula is C16H20N2O2. The minimum Gasteiger partial charge on any atom is -0.462 e. The molecule has 1 aromatic carbocycles. The number of hydrogen-bond donors (Lipinski definition) is 2. The Balaban J connectivity index is 1.95. The molecule has 0 saturated carbocycles. The monoisotopic (exact) mass is 272 g/mol. The maximum absolute atomic E-state index is 12.1. The molecule has 4 heteroatoms. The molecule has 0 spiro atoms. The largest absolute Gasteiger partial charge is 0.462 e. The van der Waals surface area contributed by atoms with Crippen molar-refractivity contribution in [1.82, 2.24) is 10.3 Å². The summed E-state index contributed by atoms with van der Waals surface area (Å²) in [5.41, 5.74) is 3.54. The van der Waals surface area contributed by atoms with Gasteiger partial charge in [-0.15, -0.1) is 0 Å². The molecule has 3 rings (SSSR count). The summed E-state index contributed by atoms with van der Waals surface area (Å²) >= 11 is 0. The third-order valence-electron chi connectivity index (χ3n) is 3.78. The molecule has 1 aliphatic heterocycles. The van der Waals surface area contributed by atoms with Gasteiger partial charge in [-0.25, -0.2) is 0 Å². The number of carbonyl (C=O) groups excluding carboxylic acids is 1. The van der Waals surface area contributed by atoms with E-state index in [1.807, 2.05) is 26.0 Å². The Labute approximate surface area is 118 Å². The highest BCUT2D eigenvalue weighted by Gasteiger charge is 2.32. The zero-order valence-electron chi connectivity index (χ0n) is 12.1. The smallest absolute Gasteiger partial charge is 0.323 e. The van der Waals surface area contributed by atoms with Gasteiger partial charge in [-0.05, 0) is 32.4 Å². The van der Waals surface area contributed by atoms with Gasteiger partial charge >= 0.3 is 5.97 Å². The maximum Gasteiger partial charge on any atom is 0.323 e. The molecule has 0 unspecified atom stereocenters. The quantitative estimate of drug-likeness (QED) is 0.826. The molecule has 2 atom stereocenters. The third-order valence-corrected chi connectivity index (χ3v) is 3.78. The van der Waals surface area contributed by atoms with Crippen LogP contribution in [0.1, 0.15) is 38.1 Å². The number of ether oxygens (including phenoxy) is 1. The summed E-state index contributed by atoms with van der Waals surface area (Å²) in [6, 6.07) is 8.09. The molecule has 0 aliphatic carbocycles. The number of aromatic nitrogens is 1. The Hall–Kier alpha value is -1.81. The summed E-state index contributed by atoms with van der Waals surface area (Å²) < 4.78 is 5.33. The fourth-order valence-corrected chi connectivity index (χ4v) is 2.92. The van der Waals surface area contributed by atoms with Crippen molar-refractivity contribution < 1.29 is 9.53 Å². The van der Waals surface area contributed by atoms with Gasteiger partial charge in [0, 0.05) is 29.1 Å². The number of aromatic amines is 1. The molecule has 1 aliphatic rings. The molecule has 106 valence electrons. The molecule has 2 heterocycles. The fraction of sp³-hybridized carbons (Fsp3) is 0.438. The zero-order chi connectivity index (χ0) is 14.3. The summed E-state index contributed by atoms with van der Waals surface area (Å²) in [6.07, 6.45) is 0.596. The lowest BCUT2D eigenvalue weighted by Gasteiger charge is -2.28. The Morgan fingerprint density at radius 1 is 1.35 bits per heavy atom. The first-order chi connectivity index (χ1) is 9.56. The van der Waals surface area contributed by atoms with Gasteiger partial charge in [-0.1, -0.05) is 18.2 Å². The number of rotatable bonds is 2. The van der Waals surface area contributed by atoms with Crippen LogP contribution < -0.4 is 5.32 Å². The van der Waals surface area contributed by atoms with E-state index in [-0.39, 0.29) is 24.2 Å². The number of esters is 1. The van der Waals surface area contributed by atoms with Crippen LogP contribution in [0.25, 0.3) is 10.9 Å². The van der Waals surface area contributed by atoms with E-state index in [1.54, 1.807) is 0 Å². The Morgan fingerprint density at radius 2 is 2.10 bits per heavy atom. The summed E-state index contributed by atoms with van der Waals surface area (Å²) in [4.78, 5) is 15.6. The molecule has 1 aromatic heterocycles. The number of para-hydroxylation sites is 1. The second-order valence-electron chi connectivity index (χ2n) is 5.69. The van der Waals surface area contributed by atoms with Gasteiger partial charge in [-0.3, -0.25) is 10.1 Å². The van der Waals surface area contributed by atoms with Crippen LogP contribution in [0.5, 0.6) is 0 Å². The Kier molecular flexibility index (Phi) is 3.26. The molecule has 20 heavy (non-hydrogen) atoms. The molecule has 2 N–H and O–H groups in total. The van der Waals surface area contributed by atoms with Crippen molar-refractivity contribution in [3.8, 4) is 0 Å². The lowest BCUT2D eigenvalue weighted by molar-refractivity contribution is -0.150. The van der Waals surface area contributed by atoms with Crippen LogP contribution >= 0.6 is 0 Å². The molecule has 0 amide bonds. The van der Waals surface area contributed by atoms with Crippen LogP contribution in [-0.2, 0) is 16.0 Å². The van der Waals surface area contributed by atoms with Gasteiger partial charge in [0.25, 0.3) is 0 Å². The molecule has 0 saturated heterocycles. The number of benzene rings is 1. The van der Waals surface area contributed by atoms with E-state index in [0.29, 0.717) is 6.42 Å². The van der Waals surface area contributed by atoms with Crippen molar-refractivity contribution in [2.75, 3.05) is 0 Å². The molecule has 0 fully saturated rings. The van der Waals surface area contributed by atoms with Crippen molar-refractivity contribution in [2.45, 2.75) is 45.4 Å². The van der Waals surface area contributed by atoms with Gasteiger partial charge in [0.15, 0.2) is 0 Å². The van der Waals surface area contributed by atoms with Crippen LogP contribution in [0.4, 0.5) is 0 Å². The average Bonchev–Trinajstić information content (AvgIpc) is 2.77. The zero-order valence-corrected chi connectivity index (χ0v) is 12.1. The highest BCUT2D eigenvalue weighted by molar-refractivity contribution is 5.87. The standard InChI is InChI=1S/C16H20N2O2/c1-9(2)20-16(19)14-8-12-11-6-4-5-7-13(11)18-15(12)10(3)17-14/h4-7,9-10,14,17-18H,8H2,1-3H3/t10-,14+/m1/s1. The van der Waals surface area contributed by atoms with Crippen molar-refractivity contribution >= 4 is 16.9 Å². The van der Waals surface area contributed by atoms with Crippen molar-refractivity contribution in [3.05, 3.63) is 35.5 Å². The van der Waals surface area contributed by atoms with E-state index < -0.39 is 0 Å². The fourth-order valence-electron chi connectivity index (χ4n) is 2.92. The summed E-state index contributed by atoms with van der Waals surface area (Å²) in [5.74, 6) is -0.164. The molecule has 4 nitrogen and oxygen atoms in total. The van der Waals surface area contributed by atoms with Gasteiger partial charge in [0.05, 0.1) is 6.10 Å². The molecule has 0 bridgehead atoms. The first-order valence-corrected chi connectivity index (χ1v) is 7.12. The second-order valence-corrected chi connectivity index (χ2v) is 5.69. The van der Waals surface area contributed by atoms with Crippen molar-refractivity contribution in [3.63, 3.8) is 0 Å². The molecular weight excluding hydrogens is 252 g/mol. The Morgan fingerprint density at radius 3 is 2.85 bits per heavy atom. The topological polar surface area (TPSA) is 54.1 Å². The highest BCUT2D eigenvalue weighted by Crippen LogP contribution is 2.31. The minimum atomic E-state index is -0.265. The van der Waals surface area contributed by atoms with Gasteiger partial charge in [-0.2, -0.15) is 0 Å². The lowest BCUT2D eigenvalue weighted by atomic mass is 9.94. The maximum atomic E-state index is 12.1. The number of H-pyrrole nitrogens is 1. The van der Waals surface area contributed by atoms with Crippen LogP contribution in [0.3, 0.4) is 0 Å². The van der Waals surface area contributed by atoms with Crippen LogP contribution in [0.15, 0.2) is 24.3 Å². The highest BCUT2D eigenvalue weighted by atomic mass is 16.5. The van der Waals surface area contributed by atoms with E-state index in [2.05, 4.69) is 29.4 Å². The predicted molar refractivity (Wildman–Crippen MR) is 78.6 cm³/mol. The molecule has 0 radical (unpaired) electrons.